The Balaban J connectivity index is 1.81. The van der Waals surface area contributed by atoms with Crippen molar-refractivity contribution in [2.75, 3.05) is 7.11 Å². The molecule has 138 valence electrons. The Bertz CT molecular complexity index is 509. The molecule has 1 aromatic rings. The average Bonchev–Trinajstić information content (AvgIpc) is 2.62. The van der Waals surface area contributed by atoms with Crippen LogP contribution in [0.5, 0.6) is 5.75 Å². The molecule has 3 nitrogen and oxygen atoms in total. The van der Waals surface area contributed by atoms with Gasteiger partial charge < -0.3 is 10.1 Å². The molecule has 0 unspecified atom stereocenters. The highest BCUT2D eigenvalue weighted by atomic mass is 16.5. The molecule has 0 aromatic heterocycles. The average molecular weight is 344 g/mol. The van der Waals surface area contributed by atoms with Crippen molar-refractivity contribution in [3.05, 3.63) is 35.9 Å². The minimum atomic E-state index is 0.0212. The van der Waals surface area contributed by atoms with E-state index in [1.165, 1.54) is 57.8 Å². The van der Waals surface area contributed by atoms with Crippen LogP contribution in [0, 0.1) is 0 Å². The van der Waals surface area contributed by atoms with Gasteiger partial charge in [-0.05, 0) is 36.6 Å². The summed E-state index contributed by atoms with van der Waals surface area (Å²) in [5.41, 5.74) is 1.01. The molecule has 1 saturated carbocycles. The monoisotopic (exact) mass is 343 g/mol. The summed E-state index contributed by atoms with van der Waals surface area (Å²) in [5.74, 6) is 0.850. The lowest BCUT2D eigenvalue weighted by Gasteiger charge is -2.18. The first-order chi connectivity index (χ1) is 12.3. The van der Waals surface area contributed by atoms with Crippen molar-refractivity contribution in [1.29, 1.82) is 0 Å². The Morgan fingerprint density at radius 3 is 1.96 bits per heavy atom. The van der Waals surface area contributed by atoms with E-state index in [2.05, 4.69) is 5.32 Å². The molecule has 3 heteroatoms. The van der Waals surface area contributed by atoms with E-state index < -0.39 is 0 Å². The molecule has 1 aliphatic carbocycles. The molecule has 25 heavy (non-hydrogen) atoms. The largest absolute Gasteiger partial charge is 0.497 e. The SMILES string of the molecule is COc1ccc(/C=C\C(=O)NC2CCCCCCCCCCC2)cc1. The van der Waals surface area contributed by atoms with Gasteiger partial charge in [-0.15, -0.1) is 0 Å². The lowest BCUT2D eigenvalue weighted by molar-refractivity contribution is -0.117. The summed E-state index contributed by atoms with van der Waals surface area (Å²) < 4.78 is 5.15. The second kappa shape index (κ2) is 11.7. The van der Waals surface area contributed by atoms with Crippen molar-refractivity contribution in [2.24, 2.45) is 0 Å². The van der Waals surface area contributed by atoms with Crippen LogP contribution in [-0.4, -0.2) is 19.1 Å². The van der Waals surface area contributed by atoms with Crippen LogP contribution in [0.15, 0.2) is 30.3 Å². The number of hydrogen-bond acceptors (Lipinski definition) is 2. The number of carbonyl (C=O) groups excluding carboxylic acids is 1. The summed E-state index contributed by atoms with van der Waals surface area (Å²) in [6, 6.07) is 8.05. The van der Waals surface area contributed by atoms with Crippen molar-refractivity contribution in [2.45, 2.75) is 76.7 Å². The molecule has 1 N–H and O–H groups in total. The molecule has 1 amide bonds. The van der Waals surface area contributed by atoms with Gasteiger partial charge in [0.05, 0.1) is 7.11 Å². The van der Waals surface area contributed by atoms with Crippen LogP contribution >= 0.6 is 0 Å². The summed E-state index contributed by atoms with van der Waals surface area (Å²) in [5, 5.41) is 3.21. The molecule has 0 atom stereocenters. The molecule has 0 spiro atoms. The lowest BCUT2D eigenvalue weighted by atomic mass is 9.98. The number of nitrogens with one attached hydrogen (secondary N) is 1. The number of carbonyl (C=O) groups is 1. The highest BCUT2D eigenvalue weighted by molar-refractivity contribution is 5.91. The maximum atomic E-state index is 12.3. The standard InChI is InChI=1S/C22H33NO2/c1-25-21-16-13-19(14-17-21)15-18-22(24)23-20-11-9-7-5-3-2-4-6-8-10-12-20/h13-18,20H,2-12H2,1H3,(H,23,24)/b18-15-. The number of amides is 1. The fourth-order valence-corrected chi connectivity index (χ4v) is 3.44. The van der Waals surface area contributed by atoms with Crippen LogP contribution in [0.4, 0.5) is 0 Å². The number of rotatable bonds is 4. The zero-order valence-corrected chi connectivity index (χ0v) is 15.6. The Morgan fingerprint density at radius 2 is 1.44 bits per heavy atom. The third-order valence-electron chi connectivity index (χ3n) is 4.99. The molecule has 0 aliphatic heterocycles. The first-order valence-electron chi connectivity index (χ1n) is 9.90. The normalized spacial score (nSPS) is 18.3. The second-order valence-corrected chi connectivity index (χ2v) is 7.07. The Morgan fingerprint density at radius 1 is 0.920 bits per heavy atom. The zero-order valence-electron chi connectivity index (χ0n) is 15.6. The predicted octanol–water partition coefficient (Wildman–Crippen LogP) is 5.50. The molecule has 0 saturated heterocycles. The van der Waals surface area contributed by atoms with Crippen molar-refractivity contribution in [1.82, 2.24) is 5.32 Å². The smallest absolute Gasteiger partial charge is 0.244 e. The minimum Gasteiger partial charge on any atom is -0.497 e. The fourth-order valence-electron chi connectivity index (χ4n) is 3.44. The van der Waals surface area contributed by atoms with Gasteiger partial charge in [0.1, 0.15) is 5.75 Å². The van der Waals surface area contributed by atoms with Gasteiger partial charge in [0.2, 0.25) is 5.91 Å². The molecular weight excluding hydrogens is 310 g/mol. The molecule has 0 radical (unpaired) electrons. The summed E-state index contributed by atoms with van der Waals surface area (Å²) in [7, 11) is 1.65. The zero-order chi connectivity index (χ0) is 17.7. The van der Waals surface area contributed by atoms with E-state index in [9.17, 15) is 4.79 Å². The maximum Gasteiger partial charge on any atom is 0.244 e. The summed E-state index contributed by atoms with van der Waals surface area (Å²) in [4.78, 5) is 12.3. The molecule has 1 aromatic carbocycles. The van der Waals surface area contributed by atoms with Gasteiger partial charge in [-0.2, -0.15) is 0 Å². The summed E-state index contributed by atoms with van der Waals surface area (Å²) in [6.45, 7) is 0. The Kier molecular flexibility index (Phi) is 9.17. The van der Waals surface area contributed by atoms with E-state index in [0.29, 0.717) is 6.04 Å². The number of methoxy groups -OCH3 is 1. The Hall–Kier alpha value is -1.77. The van der Waals surface area contributed by atoms with E-state index in [1.807, 2.05) is 30.3 Å². The van der Waals surface area contributed by atoms with Crippen LogP contribution in [0.1, 0.15) is 76.2 Å². The lowest BCUT2D eigenvalue weighted by Crippen LogP contribution is -2.33. The van der Waals surface area contributed by atoms with E-state index in [0.717, 1.165) is 24.2 Å². The van der Waals surface area contributed by atoms with Crippen LogP contribution in [0.2, 0.25) is 0 Å². The maximum absolute atomic E-state index is 12.3. The fraction of sp³-hybridized carbons (Fsp3) is 0.591. The van der Waals surface area contributed by atoms with E-state index in [-0.39, 0.29) is 5.91 Å². The van der Waals surface area contributed by atoms with E-state index in [1.54, 1.807) is 13.2 Å². The number of ether oxygens (including phenoxy) is 1. The summed E-state index contributed by atoms with van der Waals surface area (Å²) >= 11 is 0. The van der Waals surface area contributed by atoms with Crippen molar-refractivity contribution >= 4 is 12.0 Å². The molecular formula is C22H33NO2. The Labute approximate surface area is 152 Å². The third-order valence-corrected chi connectivity index (χ3v) is 4.99. The van der Waals surface area contributed by atoms with Crippen molar-refractivity contribution in [3.8, 4) is 5.75 Å². The molecule has 2 rings (SSSR count). The van der Waals surface area contributed by atoms with Crippen molar-refractivity contribution in [3.63, 3.8) is 0 Å². The van der Waals surface area contributed by atoms with Crippen LogP contribution in [-0.2, 0) is 4.79 Å². The highest BCUT2D eigenvalue weighted by Crippen LogP contribution is 2.17. The van der Waals surface area contributed by atoms with Gasteiger partial charge in [-0.3, -0.25) is 4.79 Å². The second-order valence-electron chi connectivity index (χ2n) is 7.07. The third kappa shape index (κ3) is 8.24. The number of hydrogen-bond donors (Lipinski definition) is 1. The van der Waals surface area contributed by atoms with E-state index in [4.69, 9.17) is 4.74 Å². The quantitative estimate of drug-likeness (QED) is 0.733. The van der Waals surface area contributed by atoms with Gasteiger partial charge >= 0.3 is 0 Å². The molecule has 0 bridgehead atoms. The van der Waals surface area contributed by atoms with Crippen molar-refractivity contribution < 1.29 is 9.53 Å². The predicted molar refractivity (Wildman–Crippen MR) is 105 cm³/mol. The van der Waals surface area contributed by atoms with Crippen LogP contribution in [0.3, 0.4) is 0 Å². The van der Waals surface area contributed by atoms with Gasteiger partial charge in [-0.1, -0.05) is 69.9 Å². The molecule has 1 aliphatic rings. The first kappa shape index (κ1) is 19.6. The van der Waals surface area contributed by atoms with Gasteiger partial charge in [0.25, 0.3) is 0 Å². The van der Waals surface area contributed by atoms with Gasteiger partial charge in [0.15, 0.2) is 0 Å². The van der Waals surface area contributed by atoms with Crippen LogP contribution < -0.4 is 10.1 Å². The van der Waals surface area contributed by atoms with Gasteiger partial charge in [-0.25, -0.2) is 0 Å². The topological polar surface area (TPSA) is 38.3 Å². The molecule has 1 fully saturated rings. The first-order valence-corrected chi connectivity index (χ1v) is 9.90. The van der Waals surface area contributed by atoms with Crippen LogP contribution in [0.25, 0.3) is 6.08 Å². The minimum absolute atomic E-state index is 0.0212. The number of benzene rings is 1. The highest BCUT2D eigenvalue weighted by Gasteiger charge is 2.11. The van der Waals surface area contributed by atoms with E-state index >= 15 is 0 Å². The summed E-state index contributed by atoms with van der Waals surface area (Å²) in [6.07, 6.45) is 17.6. The molecule has 0 heterocycles. The van der Waals surface area contributed by atoms with Gasteiger partial charge in [0, 0.05) is 12.1 Å².